The van der Waals surface area contributed by atoms with Crippen LogP contribution in [0.5, 0.6) is 0 Å². The van der Waals surface area contributed by atoms with E-state index < -0.39 is 0 Å². The van der Waals surface area contributed by atoms with Crippen LogP contribution in [0.15, 0.2) is 16.3 Å². The first-order valence-corrected chi connectivity index (χ1v) is 8.55. The summed E-state index contributed by atoms with van der Waals surface area (Å²) in [6.45, 7) is 0. The number of hydrogen-bond donors (Lipinski definition) is 2. The van der Waals surface area contributed by atoms with Crippen molar-refractivity contribution < 1.29 is 4.79 Å². The summed E-state index contributed by atoms with van der Waals surface area (Å²) in [7, 11) is 0. The summed E-state index contributed by atoms with van der Waals surface area (Å²) in [5.74, 6) is 0.112. The van der Waals surface area contributed by atoms with Crippen molar-refractivity contribution in [2.45, 2.75) is 48.7 Å². The van der Waals surface area contributed by atoms with Gasteiger partial charge >= 0.3 is 0 Å². The molecule has 1 aromatic heterocycles. The van der Waals surface area contributed by atoms with Crippen LogP contribution in [0.3, 0.4) is 0 Å². The van der Waals surface area contributed by atoms with Crippen LogP contribution in [0.2, 0.25) is 0 Å². The van der Waals surface area contributed by atoms with Gasteiger partial charge in [0.15, 0.2) is 0 Å². The maximum Gasteiger partial charge on any atom is 0.262 e. The average Bonchev–Trinajstić information content (AvgIpc) is 2.95. The molecule has 0 aliphatic carbocycles. The lowest BCUT2D eigenvalue weighted by atomic mass is 10.00. The summed E-state index contributed by atoms with van der Waals surface area (Å²) in [4.78, 5) is 14.2. The highest BCUT2D eigenvalue weighted by Gasteiger charge is 2.34. The van der Waals surface area contributed by atoms with E-state index in [1.807, 2.05) is 17.7 Å². The molecule has 1 amide bonds. The van der Waals surface area contributed by atoms with Gasteiger partial charge in [0.2, 0.25) is 0 Å². The second-order valence-electron chi connectivity index (χ2n) is 5.10. The molecule has 98 valence electrons. The molecule has 18 heavy (non-hydrogen) atoms. The van der Waals surface area contributed by atoms with Gasteiger partial charge in [0.25, 0.3) is 5.91 Å². The van der Waals surface area contributed by atoms with Crippen LogP contribution in [-0.2, 0) is 0 Å². The van der Waals surface area contributed by atoms with Crippen LogP contribution in [0.1, 0.15) is 35.4 Å². The van der Waals surface area contributed by atoms with Crippen LogP contribution in [-0.4, -0.2) is 30.3 Å². The van der Waals surface area contributed by atoms with Crippen LogP contribution in [0, 0.1) is 0 Å². The molecule has 3 heterocycles. The Morgan fingerprint density at radius 1 is 1.44 bits per heavy atom. The van der Waals surface area contributed by atoms with Gasteiger partial charge in [-0.2, -0.15) is 0 Å². The van der Waals surface area contributed by atoms with Gasteiger partial charge in [-0.25, -0.2) is 0 Å². The average molecular weight is 282 g/mol. The third-order valence-corrected chi connectivity index (χ3v) is 5.69. The van der Waals surface area contributed by atoms with Crippen LogP contribution < -0.4 is 10.6 Å². The van der Waals surface area contributed by atoms with E-state index in [1.165, 1.54) is 24.2 Å². The van der Waals surface area contributed by atoms with Crippen LogP contribution >= 0.6 is 23.1 Å². The first kappa shape index (κ1) is 12.5. The van der Waals surface area contributed by atoms with E-state index in [2.05, 4.69) is 10.6 Å². The molecule has 1 aromatic rings. The van der Waals surface area contributed by atoms with E-state index in [0.29, 0.717) is 18.1 Å². The Morgan fingerprint density at radius 2 is 2.17 bits per heavy atom. The Balaban J connectivity index is 1.64. The predicted octanol–water partition coefficient (Wildman–Crippen LogP) is 2.48. The zero-order valence-corrected chi connectivity index (χ0v) is 12.1. The van der Waals surface area contributed by atoms with Gasteiger partial charge < -0.3 is 10.6 Å². The summed E-state index contributed by atoms with van der Waals surface area (Å²) in [6, 6.07) is 3.62. The first-order chi connectivity index (χ1) is 8.76. The van der Waals surface area contributed by atoms with Crippen molar-refractivity contribution in [2.24, 2.45) is 0 Å². The van der Waals surface area contributed by atoms with Crippen molar-refractivity contribution in [3.8, 4) is 0 Å². The number of piperidine rings is 1. The predicted molar refractivity (Wildman–Crippen MR) is 76.5 cm³/mol. The van der Waals surface area contributed by atoms with Gasteiger partial charge in [0.05, 0.1) is 0 Å². The Hall–Kier alpha value is -0.520. The summed E-state index contributed by atoms with van der Waals surface area (Å²) >= 11 is 3.18. The second kappa shape index (κ2) is 5.23. The van der Waals surface area contributed by atoms with Crippen molar-refractivity contribution in [3.05, 3.63) is 16.3 Å². The monoisotopic (exact) mass is 282 g/mol. The number of carbonyl (C=O) groups is 1. The molecule has 0 radical (unpaired) electrons. The smallest absolute Gasteiger partial charge is 0.262 e. The molecule has 2 unspecified atom stereocenters. The minimum atomic E-state index is 0.112. The number of fused-ring (bicyclic) bond motifs is 2. The van der Waals surface area contributed by atoms with Gasteiger partial charge in [0.1, 0.15) is 4.88 Å². The van der Waals surface area contributed by atoms with E-state index in [-0.39, 0.29) is 5.91 Å². The lowest BCUT2D eigenvalue weighted by Crippen LogP contribution is -2.47. The molecule has 3 nitrogen and oxygen atoms in total. The topological polar surface area (TPSA) is 41.1 Å². The molecule has 2 atom stereocenters. The van der Waals surface area contributed by atoms with E-state index in [0.717, 1.165) is 22.6 Å². The second-order valence-corrected chi connectivity index (χ2v) is 6.86. The lowest BCUT2D eigenvalue weighted by Gasteiger charge is -2.29. The van der Waals surface area contributed by atoms with E-state index in [9.17, 15) is 4.79 Å². The summed E-state index contributed by atoms with van der Waals surface area (Å²) < 4.78 is 0. The molecule has 0 aromatic carbocycles. The fourth-order valence-corrected chi connectivity index (χ4v) is 4.70. The van der Waals surface area contributed by atoms with Crippen LogP contribution in [0.25, 0.3) is 0 Å². The summed E-state index contributed by atoms with van der Waals surface area (Å²) in [5, 5.41) is 8.81. The van der Waals surface area contributed by atoms with Gasteiger partial charge in [-0.15, -0.1) is 23.1 Å². The fraction of sp³-hybridized carbons (Fsp3) is 0.615. The maximum atomic E-state index is 12.3. The first-order valence-electron chi connectivity index (χ1n) is 6.44. The van der Waals surface area contributed by atoms with Gasteiger partial charge in [-0.3, -0.25) is 4.79 Å². The SMILES string of the molecule is CSc1ccsc1C(=O)NC1CC2CCC(C1)N2. The normalized spacial score (nSPS) is 30.4. The van der Waals surface area contributed by atoms with E-state index >= 15 is 0 Å². The Bertz CT molecular complexity index is 434. The third-order valence-electron chi connectivity index (χ3n) is 3.86. The molecule has 2 aliphatic rings. The largest absolute Gasteiger partial charge is 0.348 e. The number of hydrogen-bond acceptors (Lipinski definition) is 4. The minimum Gasteiger partial charge on any atom is -0.348 e. The number of rotatable bonds is 3. The zero-order chi connectivity index (χ0) is 12.5. The summed E-state index contributed by atoms with van der Waals surface area (Å²) in [6.07, 6.45) is 6.73. The molecule has 3 rings (SSSR count). The molecular formula is C13H18N2OS2. The number of carbonyl (C=O) groups excluding carboxylic acids is 1. The number of thiophene rings is 1. The van der Waals surface area contributed by atoms with Crippen LogP contribution in [0.4, 0.5) is 0 Å². The Labute approximate surface area is 116 Å². The van der Waals surface area contributed by atoms with E-state index in [1.54, 1.807) is 11.8 Å². The number of amides is 1. The highest BCUT2D eigenvalue weighted by atomic mass is 32.2. The molecule has 0 spiro atoms. The molecule has 2 aliphatic heterocycles. The van der Waals surface area contributed by atoms with E-state index in [4.69, 9.17) is 0 Å². The molecule has 0 saturated carbocycles. The van der Waals surface area contributed by atoms with Gasteiger partial charge in [-0.05, 0) is 43.4 Å². The molecule has 2 fully saturated rings. The maximum absolute atomic E-state index is 12.3. The van der Waals surface area contributed by atoms with Crippen molar-refractivity contribution in [1.29, 1.82) is 0 Å². The standard InChI is InChI=1S/C13H18N2OS2/c1-17-11-4-5-18-12(11)13(16)15-10-6-8-2-3-9(7-10)14-8/h4-5,8-10,14H,2-3,6-7H2,1H3,(H,15,16). The molecule has 5 heteroatoms. The van der Waals surface area contributed by atoms with Gasteiger partial charge in [0, 0.05) is 23.0 Å². The fourth-order valence-electron chi connectivity index (χ4n) is 3.05. The zero-order valence-electron chi connectivity index (χ0n) is 10.4. The van der Waals surface area contributed by atoms with Crippen molar-refractivity contribution >= 4 is 29.0 Å². The van der Waals surface area contributed by atoms with Crippen molar-refractivity contribution in [3.63, 3.8) is 0 Å². The molecule has 2 N–H and O–H groups in total. The summed E-state index contributed by atoms with van der Waals surface area (Å²) in [5.41, 5.74) is 0. The quantitative estimate of drug-likeness (QED) is 0.837. The Kier molecular flexibility index (Phi) is 3.63. The minimum absolute atomic E-state index is 0.112. The lowest BCUT2D eigenvalue weighted by molar-refractivity contribution is 0.0925. The Morgan fingerprint density at radius 3 is 2.83 bits per heavy atom. The van der Waals surface area contributed by atoms with Crippen molar-refractivity contribution in [1.82, 2.24) is 10.6 Å². The third kappa shape index (κ3) is 2.44. The van der Waals surface area contributed by atoms with Crippen molar-refractivity contribution in [2.75, 3.05) is 6.26 Å². The highest BCUT2D eigenvalue weighted by molar-refractivity contribution is 7.98. The molecule has 2 bridgehead atoms. The highest BCUT2D eigenvalue weighted by Crippen LogP contribution is 2.29. The van der Waals surface area contributed by atoms with Gasteiger partial charge in [-0.1, -0.05) is 0 Å². The number of thioether (sulfide) groups is 1. The molecular weight excluding hydrogens is 264 g/mol. The number of nitrogens with one attached hydrogen (secondary N) is 2. The molecule has 2 saturated heterocycles.